The first-order valence-corrected chi connectivity index (χ1v) is 8.41. The van der Waals surface area contributed by atoms with Gasteiger partial charge in [-0.25, -0.2) is 0 Å². The molecule has 0 aliphatic carbocycles. The molecule has 2 aromatic rings. The fraction of sp³-hybridized carbons (Fsp3) is 0.350. The van der Waals surface area contributed by atoms with E-state index in [4.69, 9.17) is 0 Å². The molecule has 0 spiro atoms. The Bertz CT molecular complexity index is 654. The summed E-state index contributed by atoms with van der Waals surface area (Å²) in [6.45, 7) is 5.84. The average Bonchev–Trinajstić information content (AvgIpc) is 2.60. The number of benzene rings is 1. The Kier molecular flexibility index (Phi) is 6.28. The van der Waals surface area contributed by atoms with Crippen LogP contribution in [0.5, 0.6) is 0 Å². The van der Waals surface area contributed by atoms with E-state index < -0.39 is 5.41 Å². The minimum absolute atomic E-state index is 0.0652. The number of pyridine rings is 1. The Morgan fingerprint density at radius 1 is 1.04 bits per heavy atom. The van der Waals surface area contributed by atoms with Gasteiger partial charge in [0.25, 0.3) is 0 Å². The third kappa shape index (κ3) is 5.71. The van der Waals surface area contributed by atoms with Crippen LogP contribution in [0.2, 0.25) is 0 Å². The normalized spacial score (nSPS) is 12.3. The summed E-state index contributed by atoms with van der Waals surface area (Å²) in [5.74, 6) is -0.196. The molecule has 0 bridgehead atoms. The van der Waals surface area contributed by atoms with Gasteiger partial charge in [-0.05, 0) is 17.7 Å². The van der Waals surface area contributed by atoms with E-state index in [9.17, 15) is 9.59 Å². The first-order chi connectivity index (χ1) is 11.9. The summed E-state index contributed by atoms with van der Waals surface area (Å²) in [6, 6.07) is 15.0. The highest BCUT2D eigenvalue weighted by Gasteiger charge is 2.21. The van der Waals surface area contributed by atoms with Crippen LogP contribution < -0.4 is 10.6 Å². The van der Waals surface area contributed by atoms with E-state index in [1.165, 1.54) is 0 Å². The van der Waals surface area contributed by atoms with Crippen LogP contribution in [-0.4, -0.2) is 23.3 Å². The molecular weight excluding hydrogens is 314 g/mol. The van der Waals surface area contributed by atoms with Crippen LogP contribution in [0.1, 0.15) is 44.5 Å². The molecule has 1 aromatic heterocycles. The van der Waals surface area contributed by atoms with E-state index in [2.05, 4.69) is 15.6 Å². The first-order valence-electron chi connectivity index (χ1n) is 8.41. The maximum Gasteiger partial charge on any atom is 0.225 e. The van der Waals surface area contributed by atoms with Gasteiger partial charge in [0, 0.05) is 24.6 Å². The smallest absolute Gasteiger partial charge is 0.225 e. The minimum Gasteiger partial charge on any atom is -0.355 e. The second kappa shape index (κ2) is 8.42. The molecule has 0 aliphatic rings. The summed E-state index contributed by atoms with van der Waals surface area (Å²) >= 11 is 0. The van der Waals surface area contributed by atoms with E-state index in [0.717, 1.165) is 11.3 Å². The van der Waals surface area contributed by atoms with Gasteiger partial charge in [0.2, 0.25) is 11.8 Å². The van der Waals surface area contributed by atoms with Crippen molar-refractivity contribution in [1.82, 2.24) is 15.6 Å². The molecule has 2 N–H and O–H groups in total. The fourth-order valence-corrected chi connectivity index (χ4v) is 2.31. The third-order valence-corrected chi connectivity index (χ3v) is 3.74. The van der Waals surface area contributed by atoms with Crippen LogP contribution in [0.4, 0.5) is 0 Å². The Balaban J connectivity index is 2.00. The Morgan fingerprint density at radius 2 is 1.72 bits per heavy atom. The van der Waals surface area contributed by atoms with Crippen molar-refractivity contribution in [2.45, 2.75) is 33.2 Å². The van der Waals surface area contributed by atoms with E-state index in [0.29, 0.717) is 6.54 Å². The zero-order chi connectivity index (χ0) is 18.3. The Hall–Kier alpha value is -2.69. The number of nitrogens with zero attached hydrogens (tertiary/aromatic N) is 1. The molecule has 132 valence electrons. The molecule has 1 unspecified atom stereocenters. The lowest BCUT2D eigenvalue weighted by Crippen LogP contribution is -2.38. The first kappa shape index (κ1) is 18.6. The number of amides is 2. The van der Waals surface area contributed by atoms with E-state index in [-0.39, 0.29) is 24.3 Å². The van der Waals surface area contributed by atoms with E-state index >= 15 is 0 Å². The standard InChI is InChI=1S/C20H25N3O2/c1-20(2,3)19(25)22-14-12-17(24)23-18(15-9-5-4-6-10-15)16-11-7-8-13-21-16/h4-11,13,18H,12,14H2,1-3H3,(H,22,25)(H,23,24). The molecule has 0 saturated carbocycles. The van der Waals surface area contributed by atoms with Crippen LogP contribution in [0.25, 0.3) is 0 Å². The zero-order valence-electron chi connectivity index (χ0n) is 15.0. The number of aromatic nitrogens is 1. The molecule has 25 heavy (non-hydrogen) atoms. The second-order valence-electron chi connectivity index (χ2n) is 6.92. The topological polar surface area (TPSA) is 71.1 Å². The summed E-state index contributed by atoms with van der Waals surface area (Å²) in [7, 11) is 0. The Labute approximate surface area is 148 Å². The zero-order valence-corrected chi connectivity index (χ0v) is 15.0. The molecule has 2 rings (SSSR count). The van der Waals surface area contributed by atoms with Gasteiger partial charge >= 0.3 is 0 Å². The molecule has 0 saturated heterocycles. The van der Waals surface area contributed by atoms with Gasteiger partial charge in [0.05, 0.1) is 11.7 Å². The lowest BCUT2D eigenvalue weighted by molar-refractivity contribution is -0.128. The minimum atomic E-state index is -0.461. The Morgan fingerprint density at radius 3 is 2.32 bits per heavy atom. The van der Waals surface area contributed by atoms with Crippen molar-refractivity contribution in [2.24, 2.45) is 5.41 Å². The number of rotatable bonds is 6. The van der Waals surface area contributed by atoms with Crippen LogP contribution in [0.3, 0.4) is 0 Å². The fourth-order valence-electron chi connectivity index (χ4n) is 2.31. The molecule has 1 aromatic carbocycles. The number of carbonyl (C=O) groups is 2. The van der Waals surface area contributed by atoms with Gasteiger partial charge in [-0.3, -0.25) is 14.6 Å². The van der Waals surface area contributed by atoms with Crippen LogP contribution in [-0.2, 0) is 9.59 Å². The van der Waals surface area contributed by atoms with E-state index in [1.807, 2.05) is 69.3 Å². The highest BCUT2D eigenvalue weighted by molar-refractivity contribution is 5.82. The molecule has 0 radical (unpaired) electrons. The lowest BCUT2D eigenvalue weighted by atomic mass is 9.96. The van der Waals surface area contributed by atoms with Crippen LogP contribution in [0.15, 0.2) is 54.7 Å². The van der Waals surface area contributed by atoms with Crippen molar-refractivity contribution in [1.29, 1.82) is 0 Å². The molecule has 0 aliphatic heterocycles. The number of nitrogens with one attached hydrogen (secondary N) is 2. The van der Waals surface area contributed by atoms with E-state index in [1.54, 1.807) is 6.20 Å². The van der Waals surface area contributed by atoms with Crippen LogP contribution in [0, 0.1) is 5.41 Å². The highest BCUT2D eigenvalue weighted by Crippen LogP contribution is 2.20. The molecule has 5 nitrogen and oxygen atoms in total. The van der Waals surface area contributed by atoms with Crippen molar-refractivity contribution >= 4 is 11.8 Å². The third-order valence-electron chi connectivity index (χ3n) is 3.74. The van der Waals surface area contributed by atoms with Crippen LogP contribution >= 0.6 is 0 Å². The van der Waals surface area contributed by atoms with Crippen molar-refractivity contribution in [3.8, 4) is 0 Å². The predicted molar refractivity (Wildman–Crippen MR) is 97.7 cm³/mol. The average molecular weight is 339 g/mol. The van der Waals surface area contributed by atoms with Gasteiger partial charge in [-0.15, -0.1) is 0 Å². The second-order valence-corrected chi connectivity index (χ2v) is 6.92. The molecular formula is C20H25N3O2. The summed E-state index contributed by atoms with van der Waals surface area (Å²) in [4.78, 5) is 28.6. The molecule has 2 amide bonds. The van der Waals surface area contributed by atoms with Crippen molar-refractivity contribution in [2.75, 3.05) is 6.54 Å². The van der Waals surface area contributed by atoms with Crippen molar-refractivity contribution < 1.29 is 9.59 Å². The molecule has 1 heterocycles. The molecule has 5 heteroatoms. The summed E-state index contributed by atoms with van der Waals surface area (Å²) < 4.78 is 0. The number of hydrogen-bond donors (Lipinski definition) is 2. The van der Waals surface area contributed by atoms with Gasteiger partial charge in [-0.2, -0.15) is 0 Å². The van der Waals surface area contributed by atoms with Gasteiger partial charge < -0.3 is 10.6 Å². The SMILES string of the molecule is CC(C)(C)C(=O)NCCC(=O)NC(c1ccccc1)c1ccccn1. The summed E-state index contributed by atoms with van der Waals surface area (Å²) in [5, 5.41) is 5.80. The molecule has 1 atom stereocenters. The number of hydrogen-bond acceptors (Lipinski definition) is 3. The maximum atomic E-state index is 12.3. The van der Waals surface area contributed by atoms with Gasteiger partial charge in [-0.1, -0.05) is 57.2 Å². The summed E-state index contributed by atoms with van der Waals surface area (Å²) in [5.41, 5.74) is 1.28. The largest absolute Gasteiger partial charge is 0.355 e. The van der Waals surface area contributed by atoms with Gasteiger partial charge in [0.15, 0.2) is 0 Å². The predicted octanol–water partition coefficient (Wildman–Crippen LogP) is 2.84. The van der Waals surface area contributed by atoms with Crippen molar-refractivity contribution in [3.05, 3.63) is 66.0 Å². The number of carbonyl (C=O) groups excluding carboxylic acids is 2. The lowest BCUT2D eigenvalue weighted by Gasteiger charge is -2.20. The summed E-state index contributed by atoms with van der Waals surface area (Å²) in [6.07, 6.45) is 1.93. The molecule has 0 fully saturated rings. The monoisotopic (exact) mass is 339 g/mol. The highest BCUT2D eigenvalue weighted by atomic mass is 16.2. The van der Waals surface area contributed by atoms with Gasteiger partial charge in [0.1, 0.15) is 0 Å². The maximum absolute atomic E-state index is 12.3. The quantitative estimate of drug-likeness (QED) is 0.850. The van der Waals surface area contributed by atoms with Crippen molar-refractivity contribution in [3.63, 3.8) is 0 Å².